The van der Waals surface area contributed by atoms with E-state index in [9.17, 15) is 0 Å². The lowest BCUT2D eigenvalue weighted by atomic mass is 9.95. The zero-order valence-electron chi connectivity index (χ0n) is 18.0. The highest BCUT2D eigenvalue weighted by Crippen LogP contribution is 2.49. The van der Waals surface area contributed by atoms with Crippen molar-refractivity contribution in [3.63, 3.8) is 0 Å². The molecule has 7 heteroatoms. The number of hydrogen-bond donors (Lipinski definition) is 0. The fourth-order valence-corrected chi connectivity index (χ4v) is 4.43. The largest absolute Gasteiger partial charge is 0.497 e. The summed E-state index contributed by atoms with van der Waals surface area (Å²) in [7, 11) is 4.95. The molecule has 3 aromatic rings. The van der Waals surface area contributed by atoms with Crippen molar-refractivity contribution in [2.24, 2.45) is 5.10 Å². The maximum atomic E-state index is 6.45. The Hall–Kier alpha value is -3.38. The molecule has 2 heterocycles. The summed E-state index contributed by atoms with van der Waals surface area (Å²) in [5.41, 5.74) is 3.88. The van der Waals surface area contributed by atoms with Crippen LogP contribution in [-0.2, 0) is 0 Å². The molecule has 0 fully saturated rings. The van der Waals surface area contributed by atoms with Crippen LogP contribution in [0.25, 0.3) is 0 Å². The number of fused-ring (bicyclic) bond motifs is 3. The molecule has 32 heavy (non-hydrogen) atoms. The second-order valence-corrected chi connectivity index (χ2v) is 8.07. The molecule has 2 aliphatic rings. The summed E-state index contributed by atoms with van der Waals surface area (Å²) < 4.78 is 22.9. The molecule has 0 aromatic heterocycles. The molecule has 5 rings (SSSR count). The van der Waals surface area contributed by atoms with Crippen molar-refractivity contribution in [3.8, 4) is 23.0 Å². The summed E-state index contributed by atoms with van der Waals surface area (Å²) in [5, 5.41) is 7.66. The van der Waals surface area contributed by atoms with Gasteiger partial charge < -0.3 is 18.9 Å². The summed E-state index contributed by atoms with van der Waals surface area (Å²) in [6, 6.07) is 19.3. The standard InChI is InChI=1S/C25H23ClN2O4/c1-29-17-7-4-15(5-8-17)21-14-22-19-12-16(26)6-10-24(19)32-25(28(22)27-21)20-13-18(30-2)9-11-23(20)31-3/h4-13,22,25H,14H2,1-3H3/t22-,25+/m0/s1. The summed E-state index contributed by atoms with van der Waals surface area (Å²) in [5.74, 6) is 3.03. The van der Waals surface area contributed by atoms with E-state index in [1.54, 1.807) is 21.3 Å². The third kappa shape index (κ3) is 3.50. The molecule has 0 unspecified atom stereocenters. The highest BCUT2D eigenvalue weighted by molar-refractivity contribution is 6.30. The van der Waals surface area contributed by atoms with Crippen LogP contribution in [0.2, 0.25) is 5.02 Å². The van der Waals surface area contributed by atoms with E-state index in [-0.39, 0.29) is 6.04 Å². The second-order valence-electron chi connectivity index (χ2n) is 7.64. The van der Waals surface area contributed by atoms with Crippen LogP contribution < -0.4 is 18.9 Å². The van der Waals surface area contributed by atoms with Gasteiger partial charge in [0.25, 0.3) is 0 Å². The first-order valence-electron chi connectivity index (χ1n) is 10.3. The van der Waals surface area contributed by atoms with Crippen LogP contribution in [0.1, 0.15) is 35.4 Å². The van der Waals surface area contributed by atoms with Crippen molar-refractivity contribution in [2.75, 3.05) is 21.3 Å². The van der Waals surface area contributed by atoms with E-state index in [4.69, 9.17) is 35.6 Å². The molecule has 0 saturated carbocycles. The van der Waals surface area contributed by atoms with E-state index in [0.29, 0.717) is 10.8 Å². The highest BCUT2D eigenvalue weighted by Gasteiger charge is 2.42. The summed E-state index contributed by atoms with van der Waals surface area (Å²) in [4.78, 5) is 0. The van der Waals surface area contributed by atoms with Crippen LogP contribution >= 0.6 is 11.6 Å². The van der Waals surface area contributed by atoms with Gasteiger partial charge in [0.15, 0.2) is 0 Å². The van der Waals surface area contributed by atoms with Gasteiger partial charge in [-0.05, 0) is 66.2 Å². The van der Waals surface area contributed by atoms with E-state index < -0.39 is 6.23 Å². The highest BCUT2D eigenvalue weighted by atomic mass is 35.5. The first-order chi connectivity index (χ1) is 15.6. The molecule has 0 aliphatic carbocycles. The lowest BCUT2D eigenvalue weighted by molar-refractivity contribution is -0.0204. The third-order valence-corrected chi connectivity index (χ3v) is 6.11. The van der Waals surface area contributed by atoms with Gasteiger partial charge in [-0.1, -0.05) is 11.6 Å². The minimum atomic E-state index is -0.477. The maximum Gasteiger partial charge on any atom is 0.217 e. The van der Waals surface area contributed by atoms with Crippen LogP contribution in [0.4, 0.5) is 0 Å². The van der Waals surface area contributed by atoms with Gasteiger partial charge in [0.1, 0.15) is 23.0 Å². The Kier molecular flexibility index (Phi) is 5.31. The van der Waals surface area contributed by atoms with Crippen LogP contribution in [0.3, 0.4) is 0 Å². The number of nitrogens with zero attached hydrogens (tertiary/aromatic N) is 2. The van der Waals surface area contributed by atoms with Gasteiger partial charge in [0.2, 0.25) is 6.23 Å². The molecule has 0 saturated heterocycles. The molecule has 2 atom stereocenters. The van der Waals surface area contributed by atoms with Crippen LogP contribution in [0.15, 0.2) is 65.8 Å². The van der Waals surface area contributed by atoms with Gasteiger partial charge in [-0.25, -0.2) is 5.01 Å². The number of hydrogen-bond acceptors (Lipinski definition) is 6. The molecular formula is C25H23ClN2O4. The van der Waals surface area contributed by atoms with E-state index in [0.717, 1.165) is 46.1 Å². The van der Waals surface area contributed by atoms with Gasteiger partial charge in [-0.2, -0.15) is 5.10 Å². The molecule has 0 radical (unpaired) electrons. The molecule has 6 nitrogen and oxygen atoms in total. The number of methoxy groups -OCH3 is 3. The number of ether oxygens (including phenoxy) is 4. The summed E-state index contributed by atoms with van der Waals surface area (Å²) in [6.45, 7) is 0. The smallest absolute Gasteiger partial charge is 0.217 e. The molecule has 0 spiro atoms. The fourth-order valence-electron chi connectivity index (χ4n) is 4.25. The van der Waals surface area contributed by atoms with Crippen molar-refractivity contribution in [1.82, 2.24) is 5.01 Å². The Morgan fingerprint density at radius 2 is 1.62 bits per heavy atom. The number of benzene rings is 3. The topological polar surface area (TPSA) is 52.5 Å². The second kappa shape index (κ2) is 8.28. The number of hydrazone groups is 1. The molecule has 0 N–H and O–H groups in total. The molecule has 0 amide bonds. The Balaban J connectivity index is 1.61. The van der Waals surface area contributed by atoms with E-state index >= 15 is 0 Å². The fraction of sp³-hybridized carbons (Fsp3) is 0.240. The lowest BCUT2D eigenvalue weighted by Gasteiger charge is -2.38. The first kappa shape index (κ1) is 20.5. The molecule has 164 valence electrons. The first-order valence-corrected chi connectivity index (χ1v) is 10.7. The van der Waals surface area contributed by atoms with Gasteiger partial charge in [-0.15, -0.1) is 0 Å². The predicted molar refractivity (Wildman–Crippen MR) is 123 cm³/mol. The summed E-state index contributed by atoms with van der Waals surface area (Å²) in [6.07, 6.45) is 0.251. The number of halogens is 1. The predicted octanol–water partition coefficient (Wildman–Crippen LogP) is 5.61. The van der Waals surface area contributed by atoms with Crippen molar-refractivity contribution >= 4 is 17.3 Å². The quantitative estimate of drug-likeness (QED) is 0.505. The monoisotopic (exact) mass is 450 g/mol. The maximum absolute atomic E-state index is 6.45. The van der Waals surface area contributed by atoms with E-state index in [1.165, 1.54) is 0 Å². The zero-order valence-corrected chi connectivity index (χ0v) is 18.8. The minimum Gasteiger partial charge on any atom is -0.497 e. The van der Waals surface area contributed by atoms with Crippen molar-refractivity contribution < 1.29 is 18.9 Å². The number of rotatable bonds is 5. The summed E-state index contributed by atoms with van der Waals surface area (Å²) >= 11 is 6.33. The van der Waals surface area contributed by atoms with Crippen molar-refractivity contribution in [1.29, 1.82) is 0 Å². The van der Waals surface area contributed by atoms with Crippen LogP contribution in [0, 0.1) is 0 Å². The van der Waals surface area contributed by atoms with E-state index in [2.05, 4.69) is 0 Å². The minimum absolute atomic E-state index is 0.0181. The Morgan fingerprint density at radius 3 is 2.34 bits per heavy atom. The van der Waals surface area contributed by atoms with Crippen molar-refractivity contribution in [2.45, 2.75) is 18.7 Å². The molecular weight excluding hydrogens is 428 g/mol. The third-order valence-electron chi connectivity index (χ3n) is 5.88. The normalized spacial score (nSPS) is 18.9. The van der Waals surface area contributed by atoms with E-state index in [1.807, 2.05) is 65.7 Å². The lowest BCUT2D eigenvalue weighted by Crippen LogP contribution is -2.34. The van der Waals surface area contributed by atoms with Crippen molar-refractivity contribution in [3.05, 3.63) is 82.4 Å². The Bertz CT molecular complexity index is 1180. The Morgan fingerprint density at radius 1 is 0.875 bits per heavy atom. The van der Waals surface area contributed by atoms with Crippen LogP contribution in [-0.4, -0.2) is 32.0 Å². The van der Waals surface area contributed by atoms with Gasteiger partial charge in [-0.3, -0.25) is 0 Å². The zero-order chi connectivity index (χ0) is 22.2. The van der Waals surface area contributed by atoms with Crippen LogP contribution in [0.5, 0.6) is 23.0 Å². The average Bonchev–Trinajstić information content (AvgIpc) is 3.29. The Labute approximate surface area is 191 Å². The van der Waals surface area contributed by atoms with Gasteiger partial charge in [0.05, 0.1) is 38.6 Å². The average molecular weight is 451 g/mol. The molecule has 0 bridgehead atoms. The van der Waals surface area contributed by atoms with Gasteiger partial charge in [0, 0.05) is 17.0 Å². The van der Waals surface area contributed by atoms with Gasteiger partial charge >= 0.3 is 0 Å². The molecule has 3 aromatic carbocycles. The molecule has 2 aliphatic heterocycles. The SMILES string of the molecule is COc1ccc(C2=NN3[C@@H](c4cc(OC)ccc4OC)Oc4ccc(Cl)cc4[C@@H]3C2)cc1.